The second kappa shape index (κ2) is 3.50. The number of aromatic nitrogens is 1. The van der Waals surface area contributed by atoms with Crippen LogP contribution in [0.1, 0.15) is 23.5 Å². The Bertz CT molecular complexity index is 473. The van der Waals surface area contributed by atoms with Crippen molar-refractivity contribution >= 4 is 28.2 Å². The van der Waals surface area contributed by atoms with Gasteiger partial charge in [-0.05, 0) is 17.6 Å². The third kappa shape index (κ3) is 1.44. The lowest BCUT2D eigenvalue weighted by molar-refractivity contribution is 0.0945. The van der Waals surface area contributed by atoms with Crippen molar-refractivity contribution in [3.63, 3.8) is 0 Å². The molecule has 1 heterocycles. The highest BCUT2D eigenvalue weighted by Gasteiger charge is 2.16. The average molecular weight is 205 g/mol. The summed E-state index contributed by atoms with van der Waals surface area (Å²) in [6.07, 6.45) is 0. The normalized spacial score (nSPS) is 11.1. The van der Waals surface area contributed by atoms with Crippen LogP contribution in [0.2, 0.25) is 0 Å². The Balaban J connectivity index is 2.58. The molecular weight excluding hydrogens is 194 g/mol. The molecule has 0 N–H and O–H groups in total. The highest BCUT2D eigenvalue weighted by Crippen LogP contribution is 2.24. The number of carbonyl (C=O) groups is 1. The van der Waals surface area contributed by atoms with Crippen LogP contribution in [0, 0.1) is 5.92 Å². The Morgan fingerprint density at radius 2 is 2.07 bits per heavy atom. The molecule has 0 aliphatic carbocycles. The number of Topliss-reactive ketones (excluding diaryl/α,β-unsaturated/α-hetero) is 1. The van der Waals surface area contributed by atoms with Crippen LogP contribution in [0.15, 0.2) is 24.3 Å². The summed E-state index contributed by atoms with van der Waals surface area (Å²) < 4.78 is 4.24. The van der Waals surface area contributed by atoms with E-state index in [0.29, 0.717) is 0 Å². The summed E-state index contributed by atoms with van der Waals surface area (Å²) >= 11 is 1.30. The van der Waals surface area contributed by atoms with Crippen molar-refractivity contribution in [2.45, 2.75) is 13.8 Å². The van der Waals surface area contributed by atoms with E-state index in [9.17, 15) is 4.79 Å². The van der Waals surface area contributed by atoms with Crippen molar-refractivity contribution in [3.8, 4) is 0 Å². The van der Waals surface area contributed by atoms with Crippen LogP contribution in [-0.4, -0.2) is 10.2 Å². The Labute approximate surface area is 86.7 Å². The highest BCUT2D eigenvalue weighted by molar-refractivity contribution is 7.09. The number of ketones is 1. The molecule has 0 fully saturated rings. The number of nitrogens with zero attached hydrogens (tertiary/aromatic N) is 1. The minimum absolute atomic E-state index is 0.0406. The minimum Gasteiger partial charge on any atom is -0.293 e. The minimum atomic E-state index is 0.0406. The van der Waals surface area contributed by atoms with Crippen LogP contribution in [0.3, 0.4) is 0 Å². The second-order valence-corrected chi connectivity index (χ2v) is 4.32. The molecule has 14 heavy (non-hydrogen) atoms. The predicted octanol–water partition coefficient (Wildman–Crippen LogP) is 3.14. The summed E-state index contributed by atoms with van der Waals surface area (Å²) in [5.74, 6) is 0.225. The summed E-state index contributed by atoms with van der Waals surface area (Å²) in [6.45, 7) is 3.83. The largest absolute Gasteiger partial charge is 0.293 e. The molecule has 0 bridgehead atoms. The molecule has 72 valence electrons. The third-order valence-electron chi connectivity index (χ3n) is 2.13. The number of hydrogen-bond donors (Lipinski definition) is 0. The first kappa shape index (κ1) is 9.34. The van der Waals surface area contributed by atoms with Gasteiger partial charge in [-0.15, -0.1) is 0 Å². The molecule has 0 unspecified atom stereocenters. The lowest BCUT2D eigenvalue weighted by Crippen LogP contribution is -2.05. The van der Waals surface area contributed by atoms with Crippen LogP contribution in [-0.2, 0) is 0 Å². The molecule has 2 nitrogen and oxygen atoms in total. The molecule has 3 heteroatoms. The van der Waals surface area contributed by atoms with Gasteiger partial charge in [-0.3, -0.25) is 4.79 Å². The molecule has 0 radical (unpaired) electrons. The van der Waals surface area contributed by atoms with Gasteiger partial charge in [0.05, 0.1) is 10.4 Å². The van der Waals surface area contributed by atoms with Gasteiger partial charge < -0.3 is 0 Å². The fourth-order valence-corrected chi connectivity index (χ4v) is 2.27. The maximum atomic E-state index is 11.8. The van der Waals surface area contributed by atoms with E-state index in [0.717, 1.165) is 15.8 Å². The van der Waals surface area contributed by atoms with E-state index in [1.165, 1.54) is 11.5 Å². The van der Waals surface area contributed by atoms with E-state index >= 15 is 0 Å². The monoisotopic (exact) mass is 205 g/mol. The molecule has 0 atom stereocenters. The van der Waals surface area contributed by atoms with E-state index in [1.807, 2.05) is 38.1 Å². The zero-order valence-electron chi connectivity index (χ0n) is 8.15. The van der Waals surface area contributed by atoms with Gasteiger partial charge in [-0.25, -0.2) is 0 Å². The van der Waals surface area contributed by atoms with Gasteiger partial charge in [0.1, 0.15) is 0 Å². The van der Waals surface area contributed by atoms with E-state index in [4.69, 9.17) is 0 Å². The Morgan fingerprint density at radius 3 is 2.79 bits per heavy atom. The summed E-state index contributed by atoms with van der Waals surface area (Å²) in [5.41, 5.74) is 0.918. The molecule has 2 aromatic rings. The zero-order chi connectivity index (χ0) is 10.1. The van der Waals surface area contributed by atoms with Crippen molar-refractivity contribution < 1.29 is 4.79 Å². The lowest BCUT2D eigenvalue weighted by Gasteiger charge is -1.99. The van der Waals surface area contributed by atoms with Crippen LogP contribution in [0.5, 0.6) is 0 Å². The zero-order valence-corrected chi connectivity index (χ0v) is 8.97. The second-order valence-electron chi connectivity index (χ2n) is 3.55. The van der Waals surface area contributed by atoms with Crippen LogP contribution >= 0.6 is 11.5 Å². The van der Waals surface area contributed by atoms with E-state index in [-0.39, 0.29) is 11.7 Å². The van der Waals surface area contributed by atoms with E-state index < -0.39 is 0 Å². The van der Waals surface area contributed by atoms with Crippen LogP contribution in [0.25, 0.3) is 10.9 Å². The predicted molar refractivity (Wildman–Crippen MR) is 58.8 cm³/mol. The summed E-state index contributed by atoms with van der Waals surface area (Å²) in [7, 11) is 0. The Morgan fingerprint density at radius 1 is 1.36 bits per heavy atom. The highest BCUT2D eigenvalue weighted by atomic mass is 32.1. The first-order chi connectivity index (χ1) is 6.70. The number of hydrogen-bond acceptors (Lipinski definition) is 3. The van der Waals surface area contributed by atoms with Gasteiger partial charge in [0.15, 0.2) is 5.78 Å². The molecule has 0 aliphatic heterocycles. The Hall–Kier alpha value is -1.22. The standard InChI is InChI=1S/C11H11NOS/c1-7(2)10(13)11-8-5-3-4-6-9(8)12-14-11/h3-7H,1-2H3. The Kier molecular flexibility index (Phi) is 2.33. The smallest absolute Gasteiger partial charge is 0.177 e. The fraction of sp³-hybridized carbons (Fsp3) is 0.273. The molecule has 0 saturated heterocycles. The molecular formula is C11H11NOS. The van der Waals surface area contributed by atoms with Gasteiger partial charge in [-0.1, -0.05) is 32.0 Å². The fourth-order valence-electron chi connectivity index (χ4n) is 1.33. The number of rotatable bonds is 2. The van der Waals surface area contributed by atoms with Crippen molar-refractivity contribution in [2.75, 3.05) is 0 Å². The molecule has 1 aromatic carbocycles. The molecule has 0 aliphatic rings. The first-order valence-electron chi connectivity index (χ1n) is 4.59. The van der Waals surface area contributed by atoms with Crippen molar-refractivity contribution in [3.05, 3.63) is 29.1 Å². The van der Waals surface area contributed by atoms with Gasteiger partial charge in [0.2, 0.25) is 0 Å². The van der Waals surface area contributed by atoms with Crippen molar-refractivity contribution in [1.82, 2.24) is 4.37 Å². The first-order valence-corrected chi connectivity index (χ1v) is 5.36. The summed E-state index contributed by atoms with van der Waals surface area (Å²) in [4.78, 5) is 12.6. The molecule has 0 amide bonds. The lowest BCUT2D eigenvalue weighted by atomic mass is 10.1. The van der Waals surface area contributed by atoms with Gasteiger partial charge in [0.25, 0.3) is 0 Å². The number of carbonyl (C=O) groups excluding carboxylic acids is 1. The molecule has 2 rings (SSSR count). The van der Waals surface area contributed by atoms with E-state index in [1.54, 1.807) is 0 Å². The van der Waals surface area contributed by atoms with Crippen LogP contribution in [0.4, 0.5) is 0 Å². The summed E-state index contributed by atoms with van der Waals surface area (Å²) in [5, 5.41) is 0.983. The molecule has 1 aromatic heterocycles. The van der Waals surface area contributed by atoms with Crippen LogP contribution < -0.4 is 0 Å². The number of fused-ring (bicyclic) bond motifs is 1. The van der Waals surface area contributed by atoms with Gasteiger partial charge >= 0.3 is 0 Å². The SMILES string of the molecule is CC(C)C(=O)c1snc2ccccc12. The maximum absolute atomic E-state index is 11.8. The molecule has 0 spiro atoms. The van der Waals surface area contributed by atoms with Gasteiger partial charge in [-0.2, -0.15) is 4.37 Å². The van der Waals surface area contributed by atoms with Crippen molar-refractivity contribution in [1.29, 1.82) is 0 Å². The maximum Gasteiger partial charge on any atom is 0.177 e. The quantitative estimate of drug-likeness (QED) is 0.705. The molecule has 0 saturated carbocycles. The summed E-state index contributed by atoms with van der Waals surface area (Å²) in [6, 6.07) is 7.76. The third-order valence-corrected chi connectivity index (χ3v) is 3.02. The topological polar surface area (TPSA) is 30.0 Å². The van der Waals surface area contributed by atoms with E-state index in [2.05, 4.69) is 4.37 Å². The number of benzene rings is 1. The van der Waals surface area contributed by atoms with Crippen molar-refractivity contribution in [2.24, 2.45) is 5.92 Å². The van der Waals surface area contributed by atoms with Gasteiger partial charge in [0, 0.05) is 11.3 Å². The average Bonchev–Trinajstić information content (AvgIpc) is 2.60.